The largest absolute Gasteiger partial charge is 0.419 e. The van der Waals surface area contributed by atoms with E-state index in [9.17, 15) is 13.2 Å². The van der Waals surface area contributed by atoms with E-state index in [4.69, 9.17) is 0 Å². The van der Waals surface area contributed by atoms with E-state index in [1.165, 1.54) is 35.9 Å². The fraction of sp³-hybridized carbons (Fsp3) is 0.188. The highest BCUT2D eigenvalue weighted by atomic mass is 19.4. The Balaban J connectivity index is 1.66. The molecule has 0 atom stereocenters. The van der Waals surface area contributed by atoms with Crippen LogP contribution in [0.5, 0.6) is 0 Å². The standard InChI is InChI=1S/C32H27F5/c1-3-5-6-7-25-16-19-28(31(34)30(25)32(35,36)37)26-17-18-27(29(33)20-26)24-14-12-23(13-15-24)22-10-8-21(4-2)9-11-22/h6-20H,3-5H2,1-2H3. The van der Waals surface area contributed by atoms with Crippen LogP contribution in [0, 0.1) is 11.6 Å². The van der Waals surface area contributed by atoms with Crippen LogP contribution in [-0.2, 0) is 12.6 Å². The van der Waals surface area contributed by atoms with Gasteiger partial charge in [0, 0.05) is 11.1 Å². The maximum absolute atomic E-state index is 15.2. The van der Waals surface area contributed by atoms with Crippen molar-refractivity contribution in [1.82, 2.24) is 0 Å². The molecule has 0 unspecified atom stereocenters. The topological polar surface area (TPSA) is 0 Å². The lowest BCUT2D eigenvalue weighted by molar-refractivity contribution is -0.140. The van der Waals surface area contributed by atoms with Gasteiger partial charge >= 0.3 is 6.18 Å². The summed E-state index contributed by atoms with van der Waals surface area (Å²) in [7, 11) is 0. The third-order valence-electron chi connectivity index (χ3n) is 6.38. The highest BCUT2D eigenvalue weighted by Gasteiger charge is 2.37. The minimum absolute atomic E-state index is 0.0426. The van der Waals surface area contributed by atoms with E-state index in [2.05, 4.69) is 19.1 Å². The van der Waals surface area contributed by atoms with Crippen molar-refractivity contribution in [2.45, 2.75) is 39.3 Å². The molecule has 4 aromatic carbocycles. The van der Waals surface area contributed by atoms with Gasteiger partial charge < -0.3 is 0 Å². The zero-order valence-electron chi connectivity index (χ0n) is 20.7. The number of alkyl halides is 3. The molecule has 5 heteroatoms. The first-order valence-electron chi connectivity index (χ1n) is 12.3. The van der Waals surface area contributed by atoms with E-state index in [1.807, 2.05) is 31.2 Å². The molecule has 0 bridgehead atoms. The number of benzene rings is 4. The first-order valence-corrected chi connectivity index (χ1v) is 12.3. The van der Waals surface area contributed by atoms with Crippen molar-refractivity contribution in [2.24, 2.45) is 0 Å². The molecule has 37 heavy (non-hydrogen) atoms. The predicted molar refractivity (Wildman–Crippen MR) is 141 cm³/mol. The fourth-order valence-corrected chi connectivity index (χ4v) is 4.31. The van der Waals surface area contributed by atoms with E-state index in [0.717, 1.165) is 30.0 Å². The Morgan fingerprint density at radius 2 is 1.24 bits per heavy atom. The van der Waals surface area contributed by atoms with Gasteiger partial charge in [0.15, 0.2) is 0 Å². The highest BCUT2D eigenvalue weighted by Crippen LogP contribution is 2.39. The van der Waals surface area contributed by atoms with Crippen LogP contribution in [0.3, 0.4) is 0 Å². The molecular formula is C32H27F5. The van der Waals surface area contributed by atoms with E-state index in [-0.39, 0.29) is 22.3 Å². The Bertz CT molecular complexity index is 1400. The highest BCUT2D eigenvalue weighted by molar-refractivity contribution is 5.75. The summed E-state index contributed by atoms with van der Waals surface area (Å²) in [5, 5.41) is 0. The molecule has 0 aliphatic heterocycles. The third-order valence-corrected chi connectivity index (χ3v) is 6.38. The molecule has 0 N–H and O–H groups in total. The fourth-order valence-electron chi connectivity index (χ4n) is 4.31. The van der Waals surface area contributed by atoms with E-state index in [1.54, 1.807) is 18.2 Å². The molecule has 0 radical (unpaired) electrons. The lowest BCUT2D eigenvalue weighted by Gasteiger charge is -2.15. The Morgan fingerprint density at radius 1 is 0.676 bits per heavy atom. The lowest BCUT2D eigenvalue weighted by Crippen LogP contribution is -2.11. The smallest absolute Gasteiger partial charge is 0.206 e. The second kappa shape index (κ2) is 11.1. The first kappa shape index (κ1) is 26.3. The monoisotopic (exact) mass is 506 g/mol. The van der Waals surface area contributed by atoms with Gasteiger partial charge in [-0.15, -0.1) is 0 Å². The van der Waals surface area contributed by atoms with Crippen LogP contribution in [-0.4, -0.2) is 0 Å². The van der Waals surface area contributed by atoms with Gasteiger partial charge in [-0.3, -0.25) is 0 Å². The van der Waals surface area contributed by atoms with Gasteiger partial charge in [0.1, 0.15) is 11.6 Å². The summed E-state index contributed by atoms with van der Waals surface area (Å²) in [6.45, 7) is 3.99. The van der Waals surface area contributed by atoms with Crippen molar-refractivity contribution in [3.05, 3.63) is 113 Å². The van der Waals surface area contributed by atoms with Gasteiger partial charge in [-0.25, -0.2) is 8.78 Å². The van der Waals surface area contributed by atoms with Crippen LogP contribution < -0.4 is 0 Å². The van der Waals surface area contributed by atoms with Crippen LogP contribution in [0.25, 0.3) is 39.5 Å². The molecule has 0 saturated heterocycles. The molecule has 0 saturated carbocycles. The summed E-state index contributed by atoms with van der Waals surface area (Å²) in [6.07, 6.45) is 0.283. The second-order valence-corrected chi connectivity index (χ2v) is 8.90. The average Bonchev–Trinajstić information content (AvgIpc) is 2.88. The Morgan fingerprint density at radius 3 is 1.81 bits per heavy atom. The quantitative estimate of drug-likeness (QED) is 0.219. The van der Waals surface area contributed by atoms with Gasteiger partial charge in [-0.05, 0) is 52.3 Å². The van der Waals surface area contributed by atoms with E-state index < -0.39 is 23.4 Å². The summed E-state index contributed by atoms with van der Waals surface area (Å²) in [4.78, 5) is 0. The average molecular weight is 507 g/mol. The van der Waals surface area contributed by atoms with Gasteiger partial charge in [0.2, 0.25) is 0 Å². The van der Waals surface area contributed by atoms with Crippen molar-refractivity contribution >= 4 is 6.08 Å². The van der Waals surface area contributed by atoms with Crippen molar-refractivity contribution in [2.75, 3.05) is 0 Å². The molecule has 0 fully saturated rings. The van der Waals surface area contributed by atoms with Gasteiger partial charge in [0.05, 0.1) is 5.56 Å². The van der Waals surface area contributed by atoms with Crippen LogP contribution in [0.1, 0.15) is 43.4 Å². The molecule has 0 aliphatic rings. The number of allylic oxidation sites excluding steroid dienone is 1. The Labute approximate surface area is 214 Å². The number of rotatable bonds is 7. The minimum atomic E-state index is -4.89. The SMILES string of the molecule is CCCC=Cc1ccc(-c2ccc(-c3ccc(-c4ccc(CC)cc4)cc3)c(F)c2)c(F)c1C(F)(F)F. The van der Waals surface area contributed by atoms with Crippen molar-refractivity contribution < 1.29 is 22.0 Å². The molecule has 0 nitrogen and oxygen atoms in total. The normalized spacial score (nSPS) is 11.9. The zero-order chi connectivity index (χ0) is 26.6. The number of halogens is 5. The molecule has 0 spiro atoms. The molecule has 4 rings (SSSR count). The lowest BCUT2D eigenvalue weighted by atomic mass is 9.94. The maximum atomic E-state index is 15.2. The van der Waals surface area contributed by atoms with E-state index in [0.29, 0.717) is 12.0 Å². The summed E-state index contributed by atoms with van der Waals surface area (Å²) in [5.41, 5.74) is 2.33. The molecule has 4 aromatic rings. The number of unbranched alkanes of at least 4 members (excludes halogenated alkanes) is 1. The minimum Gasteiger partial charge on any atom is -0.206 e. The van der Waals surface area contributed by atoms with Crippen LogP contribution >= 0.6 is 0 Å². The molecular weight excluding hydrogens is 479 g/mol. The number of aryl methyl sites for hydroxylation is 1. The van der Waals surface area contributed by atoms with Gasteiger partial charge in [-0.2, -0.15) is 13.2 Å². The molecule has 190 valence electrons. The number of hydrogen-bond donors (Lipinski definition) is 0. The molecule has 0 amide bonds. The summed E-state index contributed by atoms with van der Waals surface area (Å²) in [5.74, 6) is -2.05. The summed E-state index contributed by atoms with van der Waals surface area (Å²) < 4.78 is 71.5. The zero-order valence-corrected chi connectivity index (χ0v) is 20.7. The number of hydrogen-bond acceptors (Lipinski definition) is 0. The van der Waals surface area contributed by atoms with Gasteiger partial charge in [-0.1, -0.05) is 105 Å². The van der Waals surface area contributed by atoms with E-state index >= 15 is 8.78 Å². The van der Waals surface area contributed by atoms with Crippen LogP contribution in [0.15, 0.2) is 84.9 Å². The first-order chi connectivity index (χ1) is 17.7. The van der Waals surface area contributed by atoms with Crippen molar-refractivity contribution in [3.8, 4) is 33.4 Å². The van der Waals surface area contributed by atoms with Crippen LogP contribution in [0.2, 0.25) is 0 Å². The van der Waals surface area contributed by atoms with Crippen molar-refractivity contribution in [1.29, 1.82) is 0 Å². The third kappa shape index (κ3) is 5.82. The molecule has 0 heterocycles. The summed E-state index contributed by atoms with van der Waals surface area (Å²) >= 11 is 0. The molecule has 0 aliphatic carbocycles. The summed E-state index contributed by atoms with van der Waals surface area (Å²) in [6, 6.07) is 22.1. The van der Waals surface area contributed by atoms with Crippen LogP contribution in [0.4, 0.5) is 22.0 Å². The van der Waals surface area contributed by atoms with Crippen molar-refractivity contribution in [3.63, 3.8) is 0 Å². The Kier molecular flexibility index (Phi) is 7.91. The second-order valence-electron chi connectivity index (χ2n) is 8.90. The Hall–Kier alpha value is -3.73. The van der Waals surface area contributed by atoms with Gasteiger partial charge in [0.25, 0.3) is 0 Å². The predicted octanol–water partition coefficient (Wildman–Crippen LogP) is 10.4. The molecule has 0 aromatic heterocycles. The maximum Gasteiger partial charge on any atom is 0.419 e.